The largest absolute Gasteiger partial charge is 0.454 e. The SMILES string of the molecule is Cc1cc(C(=O)COC(=O)c2cc(S(=O)(=O)N(C)C)ccc2Cl)c(C)n1CC(F)(F)F. The highest BCUT2D eigenvalue weighted by atomic mass is 35.5. The second-order valence-corrected chi connectivity index (χ2v) is 9.47. The lowest BCUT2D eigenvalue weighted by Crippen LogP contribution is -2.23. The monoisotopic (exact) mass is 480 g/mol. The van der Waals surface area contributed by atoms with Crippen LogP contribution in [0.1, 0.15) is 32.1 Å². The van der Waals surface area contributed by atoms with Crippen molar-refractivity contribution in [2.24, 2.45) is 0 Å². The van der Waals surface area contributed by atoms with Crippen molar-refractivity contribution in [1.82, 2.24) is 8.87 Å². The van der Waals surface area contributed by atoms with E-state index in [-0.39, 0.29) is 32.4 Å². The molecule has 0 atom stereocenters. The van der Waals surface area contributed by atoms with Crippen molar-refractivity contribution < 1.29 is 35.9 Å². The average Bonchev–Trinajstić information content (AvgIpc) is 2.92. The fourth-order valence-corrected chi connectivity index (χ4v) is 3.95. The Kier molecular flexibility index (Phi) is 7.24. The Morgan fingerprint density at radius 2 is 1.74 bits per heavy atom. The number of aryl methyl sites for hydroxylation is 1. The van der Waals surface area contributed by atoms with Crippen molar-refractivity contribution >= 4 is 33.4 Å². The van der Waals surface area contributed by atoms with Gasteiger partial charge in [0.25, 0.3) is 0 Å². The van der Waals surface area contributed by atoms with Crippen LogP contribution in [0.2, 0.25) is 5.02 Å². The summed E-state index contributed by atoms with van der Waals surface area (Å²) in [7, 11) is -1.21. The van der Waals surface area contributed by atoms with Crippen LogP contribution in [0.3, 0.4) is 0 Å². The van der Waals surface area contributed by atoms with Crippen LogP contribution in [0.4, 0.5) is 13.2 Å². The van der Waals surface area contributed by atoms with E-state index in [9.17, 15) is 31.2 Å². The number of carbonyl (C=O) groups is 2. The van der Waals surface area contributed by atoms with Crippen LogP contribution in [-0.2, 0) is 21.3 Å². The number of Topliss-reactive ketones (excluding diaryl/α,β-unsaturated/α-hetero) is 1. The first-order chi connectivity index (χ1) is 14.1. The Hall–Kier alpha value is -2.37. The van der Waals surface area contributed by atoms with Gasteiger partial charge in [-0.25, -0.2) is 17.5 Å². The predicted octanol–water partition coefficient (Wildman–Crippen LogP) is 3.61. The molecule has 0 amide bonds. The molecule has 170 valence electrons. The summed E-state index contributed by atoms with van der Waals surface area (Å²) >= 11 is 5.96. The summed E-state index contributed by atoms with van der Waals surface area (Å²) in [5.74, 6) is -1.75. The molecule has 1 aromatic carbocycles. The normalized spacial score (nSPS) is 12.3. The van der Waals surface area contributed by atoms with E-state index in [1.807, 2.05) is 0 Å². The minimum Gasteiger partial charge on any atom is -0.454 e. The predicted molar refractivity (Wildman–Crippen MR) is 107 cm³/mol. The average molecular weight is 481 g/mol. The first-order valence-electron chi connectivity index (χ1n) is 8.81. The first-order valence-corrected chi connectivity index (χ1v) is 10.6. The lowest BCUT2D eigenvalue weighted by Gasteiger charge is -2.13. The lowest BCUT2D eigenvalue weighted by molar-refractivity contribution is -0.141. The van der Waals surface area contributed by atoms with Gasteiger partial charge in [-0.2, -0.15) is 13.2 Å². The molecule has 2 rings (SSSR count). The van der Waals surface area contributed by atoms with E-state index < -0.39 is 41.1 Å². The summed E-state index contributed by atoms with van der Waals surface area (Å²) < 4.78 is 69.5. The summed E-state index contributed by atoms with van der Waals surface area (Å²) in [5, 5.41) is -0.0847. The fraction of sp³-hybridized carbons (Fsp3) is 0.368. The topological polar surface area (TPSA) is 85.7 Å². The van der Waals surface area contributed by atoms with Gasteiger partial charge < -0.3 is 9.30 Å². The molecule has 31 heavy (non-hydrogen) atoms. The molecule has 0 unspecified atom stereocenters. The number of esters is 1. The van der Waals surface area contributed by atoms with Crippen LogP contribution < -0.4 is 0 Å². The first kappa shape index (κ1) is 24.9. The fourth-order valence-electron chi connectivity index (χ4n) is 2.82. The summed E-state index contributed by atoms with van der Waals surface area (Å²) in [4.78, 5) is 24.6. The minimum atomic E-state index is -4.46. The number of rotatable bonds is 7. The van der Waals surface area contributed by atoms with Crippen molar-refractivity contribution in [3.8, 4) is 0 Å². The summed E-state index contributed by atoms with van der Waals surface area (Å²) in [6, 6.07) is 4.74. The van der Waals surface area contributed by atoms with Crippen molar-refractivity contribution in [2.45, 2.75) is 31.5 Å². The van der Waals surface area contributed by atoms with Crippen LogP contribution in [0, 0.1) is 13.8 Å². The zero-order chi connectivity index (χ0) is 23.7. The van der Waals surface area contributed by atoms with Crippen LogP contribution in [0.25, 0.3) is 0 Å². The molecule has 1 aromatic heterocycles. The molecule has 0 saturated carbocycles. The van der Waals surface area contributed by atoms with Crippen LogP contribution in [0.15, 0.2) is 29.2 Å². The molecule has 7 nitrogen and oxygen atoms in total. The summed E-state index contributed by atoms with van der Waals surface area (Å²) in [6.45, 7) is 0.787. The maximum atomic E-state index is 12.7. The lowest BCUT2D eigenvalue weighted by atomic mass is 10.1. The third-order valence-corrected chi connectivity index (χ3v) is 6.62. The Morgan fingerprint density at radius 1 is 1.13 bits per heavy atom. The van der Waals surface area contributed by atoms with E-state index in [4.69, 9.17) is 16.3 Å². The molecule has 0 aliphatic rings. The van der Waals surface area contributed by atoms with E-state index >= 15 is 0 Å². The number of ketones is 1. The number of sulfonamides is 1. The van der Waals surface area contributed by atoms with Gasteiger partial charge in [0.2, 0.25) is 15.8 Å². The molecule has 0 aliphatic heterocycles. The van der Waals surface area contributed by atoms with E-state index in [0.717, 1.165) is 14.9 Å². The third-order valence-electron chi connectivity index (χ3n) is 4.48. The highest BCUT2D eigenvalue weighted by molar-refractivity contribution is 7.89. The Bertz CT molecular complexity index is 1120. The van der Waals surface area contributed by atoms with Gasteiger partial charge >= 0.3 is 12.1 Å². The molecule has 0 fully saturated rings. The van der Waals surface area contributed by atoms with Crippen LogP contribution in [0.5, 0.6) is 0 Å². The number of aromatic nitrogens is 1. The van der Waals surface area contributed by atoms with Gasteiger partial charge in [0, 0.05) is 31.0 Å². The van der Waals surface area contributed by atoms with Gasteiger partial charge in [-0.05, 0) is 38.1 Å². The number of nitrogens with zero attached hydrogens (tertiary/aromatic N) is 2. The van der Waals surface area contributed by atoms with Crippen LogP contribution >= 0.6 is 11.6 Å². The third kappa shape index (κ3) is 5.66. The quantitative estimate of drug-likeness (QED) is 0.446. The summed E-state index contributed by atoms with van der Waals surface area (Å²) in [6.07, 6.45) is -4.46. The molecule has 12 heteroatoms. The van der Waals surface area contributed by atoms with Gasteiger partial charge in [0.15, 0.2) is 6.61 Å². The van der Waals surface area contributed by atoms with Crippen LogP contribution in [-0.4, -0.2) is 55.9 Å². The number of benzene rings is 1. The maximum absolute atomic E-state index is 12.7. The number of hydrogen-bond donors (Lipinski definition) is 0. The van der Waals surface area contributed by atoms with Gasteiger partial charge in [-0.15, -0.1) is 0 Å². The molecule has 0 N–H and O–H groups in total. The Labute approximate surface area is 182 Å². The van der Waals surface area contributed by atoms with Gasteiger partial charge in [-0.3, -0.25) is 4.79 Å². The molecule has 0 saturated heterocycles. The number of ether oxygens (including phenoxy) is 1. The van der Waals surface area contributed by atoms with Crippen molar-refractivity contribution in [2.75, 3.05) is 20.7 Å². The standard InChI is InChI=1S/C19H20ClF3N2O5S/c1-11-7-14(12(2)25(11)10-19(21,22)23)17(26)9-30-18(27)15-8-13(5-6-16(15)20)31(28,29)24(3)4/h5-8H,9-10H2,1-4H3. The number of halogens is 4. The molecule has 0 radical (unpaired) electrons. The van der Waals surface area contributed by atoms with E-state index in [1.54, 1.807) is 0 Å². The van der Waals surface area contributed by atoms with Gasteiger partial charge in [-0.1, -0.05) is 11.6 Å². The molecule has 0 bridgehead atoms. The zero-order valence-electron chi connectivity index (χ0n) is 17.1. The van der Waals surface area contributed by atoms with Crippen molar-refractivity contribution in [1.29, 1.82) is 0 Å². The molecule has 2 aromatic rings. The number of carbonyl (C=O) groups excluding carboxylic acids is 2. The highest BCUT2D eigenvalue weighted by Crippen LogP contribution is 2.25. The number of hydrogen-bond acceptors (Lipinski definition) is 5. The minimum absolute atomic E-state index is 0.00965. The zero-order valence-corrected chi connectivity index (χ0v) is 18.7. The van der Waals surface area contributed by atoms with Crippen molar-refractivity contribution in [3.63, 3.8) is 0 Å². The van der Waals surface area contributed by atoms with Gasteiger partial charge in [0.05, 0.1) is 15.5 Å². The second-order valence-electron chi connectivity index (χ2n) is 6.91. The highest BCUT2D eigenvalue weighted by Gasteiger charge is 2.30. The van der Waals surface area contributed by atoms with Gasteiger partial charge in [0.1, 0.15) is 6.54 Å². The van der Waals surface area contributed by atoms with E-state index in [0.29, 0.717) is 0 Å². The van der Waals surface area contributed by atoms with E-state index in [1.165, 1.54) is 46.1 Å². The molecule has 0 aliphatic carbocycles. The second kappa shape index (κ2) is 9.01. The summed E-state index contributed by atoms with van der Waals surface area (Å²) in [5.41, 5.74) is 0.0478. The molecule has 1 heterocycles. The smallest absolute Gasteiger partial charge is 0.406 e. The molecule has 0 spiro atoms. The number of alkyl halides is 3. The Balaban J connectivity index is 2.20. The maximum Gasteiger partial charge on any atom is 0.406 e. The Morgan fingerprint density at radius 3 is 2.29 bits per heavy atom. The van der Waals surface area contributed by atoms with E-state index in [2.05, 4.69) is 0 Å². The molecular weight excluding hydrogens is 461 g/mol. The molecular formula is C19H20ClF3N2O5S. The van der Waals surface area contributed by atoms with Crippen molar-refractivity contribution in [3.05, 3.63) is 51.8 Å².